The van der Waals surface area contributed by atoms with Crippen molar-refractivity contribution in [1.82, 2.24) is 0 Å². The third-order valence-electron chi connectivity index (χ3n) is 1.60. The highest BCUT2D eigenvalue weighted by molar-refractivity contribution is 9.10. The first kappa shape index (κ1) is 10.6. The van der Waals surface area contributed by atoms with Crippen LogP contribution in [0.4, 0.5) is 5.69 Å². The molecule has 0 aromatic heterocycles. The molecule has 70 valence electrons. The minimum absolute atomic E-state index is 0.783. The molecule has 0 aliphatic rings. The Hall–Kier alpha value is -0.470. The number of hydrogen-bond acceptors (Lipinski definition) is 1. The van der Waals surface area contributed by atoms with Crippen LogP contribution in [0.1, 0.15) is 6.92 Å². The van der Waals surface area contributed by atoms with Gasteiger partial charge in [0.2, 0.25) is 0 Å². The predicted molar refractivity (Wildman–Crippen MR) is 62.2 cm³/mol. The maximum absolute atomic E-state index is 5.53. The van der Waals surface area contributed by atoms with Gasteiger partial charge >= 0.3 is 0 Å². The molecule has 0 amide bonds. The Labute approximate surface area is 91.9 Å². The Morgan fingerprint density at radius 2 is 2.08 bits per heavy atom. The summed E-state index contributed by atoms with van der Waals surface area (Å²) in [6.07, 6.45) is 0. The fraction of sp³-hybridized carbons (Fsp3) is 0.200. The van der Waals surface area contributed by atoms with Gasteiger partial charge in [-0.2, -0.15) is 0 Å². The summed E-state index contributed by atoms with van der Waals surface area (Å²) in [5.74, 6) is 0. The van der Waals surface area contributed by atoms with Gasteiger partial charge in [-0.1, -0.05) is 27.5 Å². The van der Waals surface area contributed by atoms with Crippen LogP contribution in [0.15, 0.2) is 39.8 Å². The lowest BCUT2D eigenvalue weighted by molar-refractivity contribution is 1.21. The van der Waals surface area contributed by atoms with Crippen LogP contribution in [0.25, 0.3) is 0 Å². The number of benzene rings is 1. The zero-order valence-corrected chi connectivity index (χ0v) is 9.69. The standard InChI is InChI=1S/C10H11BrClN/c1-8(6-12)7-13-10-4-2-9(11)3-5-10/h2-6,13H,7H2,1H3/b8-6-. The van der Waals surface area contributed by atoms with Crippen molar-refractivity contribution in [3.63, 3.8) is 0 Å². The van der Waals surface area contributed by atoms with Crippen LogP contribution in [0.2, 0.25) is 0 Å². The van der Waals surface area contributed by atoms with Crippen molar-refractivity contribution >= 4 is 33.2 Å². The van der Waals surface area contributed by atoms with E-state index in [4.69, 9.17) is 11.6 Å². The third kappa shape index (κ3) is 3.83. The molecule has 0 aliphatic heterocycles. The Morgan fingerprint density at radius 3 is 2.62 bits per heavy atom. The third-order valence-corrected chi connectivity index (χ3v) is 2.50. The van der Waals surface area contributed by atoms with Crippen LogP contribution in [-0.2, 0) is 0 Å². The van der Waals surface area contributed by atoms with Gasteiger partial charge in [0.05, 0.1) is 0 Å². The van der Waals surface area contributed by atoms with Gasteiger partial charge in [-0.3, -0.25) is 0 Å². The van der Waals surface area contributed by atoms with Crippen molar-refractivity contribution < 1.29 is 0 Å². The molecule has 3 heteroatoms. The summed E-state index contributed by atoms with van der Waals surface area (Å²) in [4.78, 5) is 0. The van der Waals surface area contributed by atoms with Gasteiger partial charge in [0.15, 0.2) is 0 Å². The lowest BCUT2D eigenvalue weighted by Gasteiger charge is -2.05. The molecule has 13 heavy (non-hydrogen) atoms. The molecule has 1 aromatic rings. The van der Waals surface area contributed by atoms with Gasteiger partial charge in [-0.25, -0.2) is 0 Å². The molecule has 0 atom stereocenters. The fourth-order valence-electron chi connectivity index (χ4n) is 0.848. The van der Waals surface area contributed by atoms with Gasteiger partial charge in [0, 0.05) is 22.2 Å². The van der Waals surface area contributed by atoms with E-state index in [9.17, 15) is 0 Å². The van der Waals surface area contributed by atoms with Crippen molar-refractivity contribution in [1.29, 1.82) is 0 Å². The molecule has 1 rings (SSSR count). The molecule has 0 saturated carbocycles. The van der Waals surface area contributed by atoms with Crippen LogP contribution in [0, 0.1) is 0 Å². The molecule has 1 N–H and O–H groups in total. The van der Waals surface area contributed by atoms with E-state index in [0.29, 0.717) is 0 Å². The highest BCUT2D eigenvalue weighted by atomic mass is 79.9. The SMILES string of the molecule is C/C(=C/Cl)CNc1ccc(Br)cc1. The van der Waals surface area contributed by atoms with Crippen molar-refractivity contribution in [3.05, 3.63) is 39.8 Å². The Morgan fingerprint density at radius 1 is 1.46 bits per heavy atom. The van der Waals surface area contributed by atoms with Crippen LogP contribution < -0.4 is 5.32 Å². The predicted octanol–water partition coefficient (Wildman–Crippen LogP) is 4.00. The second kappa shape index (κ2) is 5.30. The zero-order valence-electron chi connectivity index (χ0n) is 7.35. The summed E-state index contributed by atoms with van der Waals surface area (Å²) in [6.45, 7) is 2.77. The minimum Gasteiger partial charge on any atom is -0.381 e. The van der Waals surface area contributed by atoms with Crippen LogP contribution >= 0.6 is 27.5 Å². The van der Waals surface area contributed by atoms with E-state index in [1.807, 2.05) is 31.2 Å². The normalized spacial score (nSPS) is 11.5. The van der Waals surface area contributed by atoms with E-state index < -0.39 is 0 Å². The van der Waals surface area contributed by atoms with E-state index in [1.165, 1.54) is 0 Å². The van der Waals surface area contributed by atoms with E-state index >= 15 is 0 Å². The Kier molecular flexibility index (Phi) is 4.33. The summed E-state index contributed by atoms with van der Waals surface area (Å²) in [5, 5.41) is 3.25. The van der Waals surface area contributed by atoms with Crippen molar-refractivity contribution in [2.75, 3.05) is 11.9 Å². The topological polar surface area (TPSA) is 12.0 Å². The van der Waals surface area contributed by atoms with Crippen molar-refractivity contribution in [2.24, 2.45) is 0 Å². The second-order valence-electron chi connectivity index (χ2n) is 2.82. The number of halogens is 2. The Bertz CT molecular complexity index is 292. The average Bonchev–Trinajstić information content (AvgIpc) is 2.16. The molecule has 0 unspecified atom stereocenters. The first-order valence-corrected chi connectivity index (χ1v) is 5.20. The van der Waals surface area contributed by atoms with Gasteiger partial charge < -0.3 is 5.32 Å². The van der Waals surface area contributed by atoms with Crippen LogP contribution in [-0.4, -0.2) is 6.54 Å². The molecule has 0 bridgehead atoms. The van der Waals surface area contributed by atoms with E-state index in [2.05, 4.69) is 21.2 Å². The number of nitrogens with one attached hydrogen (secondary N) is 1. The molecule has 0 spiro atoms. The van der Waals surface area contributed by atoms with Crippen LogP contribution in [0.3, 0.4) is 0 Å². The fourth-order valence-corrected chi connectivity index (χ4v) is 1.19. The summed E-state index contributed by atoms with van der Waals surface area (Å²) in [7, 11) is 0. The quantitative estimate of drug-likeness (QED) is 0.866. The van der Waals surface area contributed by atoms with Crippen LogP contribution in [0.5, 0.6) is 0 Å². The molecule has 0 fully saturated rings. The number of rotatable bonds is 3. The summed E-state index contributed by atoms with van der Waals surface area (Å²) < 4.78 is 1.09. The lowest BCUT2D eigenvalue weighted by Crippen LogP contribution is -2.01. The van der Waals surface area contributed by atoms with Crippen molar-refractivity contribution in [2.45, 2.75) is 6.92 Å². The van der Waals surface area contributed by atoms with Gasteiger partial charge in [0.1, 0.15) is 0 Å². The van der Waals surface area contributed by atoms with E-state index in [-0.39, 0.29) is 0 Å². The minimum atomic E-state index is 0.783. The largest absolute Gasteiger partial charge is 0.381 e. The number of hydrogen-bond donors (Lipinski definition) is 1. The molecule has 0 radical (unpaired) electrons. The molecular formula is C10H11BrClN. The number of anilines is 1. The highest BCUT2D eigenvalue weighted by Gasteiger charge is 1.91. The maximum Gasteiger partial charge on any atom is 0.0369 e. The molecule has 0 saturated heterocycles. The molecular weight excluding hydrogens is 249 g/mol. The van der Waals surface area contributed by atoms with Gasteiger partial charge in [0.25, 0.3) is 0 Å². The van der Waals surface area contributed by atoms with Gasteiger partial charge in [-0.05, 0) is 36.8 Å². The summed E-state index contributed by atoms with van der Waals surface area (Å²) >= 11 is 8.91. The molecule has 1 nitrogen and oxygen atoms in total. The average molecular weight is 261 g/mol. The Balaban J connectivity index is 2.51. The molecule has 0 heterocycles. The van der Waals surface area contributed by atoms with Crippen molar-refractivity contribution in [3.8, 4) is 0 Å². The molecule has 1 aromatic carbocycles. The highest BCUT2D eigenvalue weighted by Crippen LogP contribution is 2.14. The summed E-state index contributed by atoms with van der Waals surface area (Å²) in [5.41, 5.74) is 3.80. The zero-order chi connectivity index (χ0) is 9.68. The first-order chi connectivity index (χ1) is 6.22. The first-order valence-electron chi connectivity index (χ1n) is 3.97. The van der Waals surface area contributed by atoms with E-state index in [1.54, 1.807) is 5.54 Å². The smallest absolute Gasteiger partial charge is 0.0369 e. The monoisotopic (exact) mass is 259 g/mol. The van der Waals surface area contributed by atoms with E-state index in [0.717, 1.165) is 22.3 Å². The van der Waals surface area contributed by atoms with Gasteiger partial charge in [-0.15, -0.1) is 0 Å². The summed E-state index contributed by atoms with van der Waals surface area (Å²) in [6, 6.07) is 8.04. The second-order valence-corrected chi connectivity index (χ2v) is 3.95. The maximum atomic E-state index is 5.53. The molecule has 0 aliphatic carbocycles. The lowest BCUT2D eigenvalue weighted by atomic mass is 10.3.